The molecule has 0 atom stereocenters. The third-order valence-electron chi connectivity index (χ3n) is 2.49. The summed E-state index contributed by atoms with van der Waals surface area (Å²) >= 11 is 0. The van der Waals surface area contributed by atoms with Gasteiger partial charge in [-0.3, -0.25) is 4.79 Å². The van der Waals surface area contributed by atoms with E-state index in [0.717, 1.165) is 25.1 Å². The van der Waals surface area contributed by atoms with Crippen LogP contribution in [-0.2, 0) is 4.74 Å². The fourth-order valence-electron chi connectivity index (χ4n) is 1.50. The van der Waals surface area contributed by atoms with Gasteiger partial charge in [-0.05, 0) is 19.4 Å². The number of ether oxygens (including phenoxy) is 1. The molecule has 0 radical (unpaired) electrons. The van der Waals surface area contributed by atoms with Crippen molar-refractivity contribution in [1.29, 1.82) is 0 Å². The highest BCUT2D eigenvalue weighted by atomic mass is 16.5. The van der Waals surface area contributed by atoms with E-state index in [1.165, 1.54) is 0 Å². The van der Waals surface area contributed by atoms with E-state index in [1.807, 2.05) is 6.92 Å². The Morgan fingerprint density at radius 2 is 2.16 bits per heavy atom. The van der Waals surface area contributed by atoms with E-state index in [0.29, 0.717) is 24.8 Å². The summed E-state index contributed by atoms with van der Waals surface area (Å²) in [5.41, 5.74) is 1.15. The highest BCUT2D eigenvalue weighted by Gasteiger charge is 2.09. The minimum atomic E-state index is -0.207. The number of aryl methyl sites for hydroxylation is 1. The van der Waals surface area contributed by atoms with Gasteiger partial charge in [-0.1, -0.05) is 13.3 Å². The predicted molar refractivity (Wildman–Crippen MR) is 74.4 cm³/mol. The van der Waals surface area contributed by atoms with E-state index in [4.69, 9.17) is 4.74 Å². The molecule has 1 aromatic rings. The minimum absolute atomic E-state index is 0.207. The summed E-state index contributed by atoms with van der Waals surface area (Å²) in [5, 5.41) is 5.86. The first-order chi connectivity index (χ1) is 9.17. The lowest BCUT2D eigenvalue weighted by atomic mass is 10.3. The fourth-order valence-corrected chi connectivity index (χ4v) is 1.50. The zero-order valence-corrected chi connectivity index (χ0v) is 11.8. The van der Waals surface area contributed by atoms with Crippen molar-refractivity contribution in [2.24, 2.45) is 0 Å². The number of anilines is 1. The molecule has 0 fully saturated rings. The Labute approximate surface area is 114 Å². The second-order valence-corrected chi connectivity index (χ2v) is 4.25. The molecule has 0 bridgehead atoms. The minimum Gasteiger partial charge on any atom is -0.383 e. The summed E-state index contributed by atoms with van der Waals surface area (Å²) in [6, 6.07) is 1.67. The number of unbranched alkanes of at least 4 members (excludes halogenated alkanes) is 1. The lowest BCUT2D eigenvalue weighted by Gasteiger charge is -2.08. The number of carbonyl (C=O) groups is 1. The number of amides is 1. The van der Waals surface area contributed by atoms with Crippen LogP contribution in [0.4, 0.5) is 5.95 Å². The van der Waals surface area contributed by atoms with E-state index >= 15 is 0 Å². The Kier molecular flexibility index (Phi) is 6.81. The normalized spacial score (nSPS) is 10.3. The van der Waals surface area contributed by atoms with Gasteiger partial charge in [0.15, 0.2) is 0 Å². The number of carbonyl (C=O) groups excluding carboxylic acids is 1. The van der Waals surface area contributed by atoms with Gasteiger partial charge in [-0.2, -0.15) is 0 Å². The van der Waals surface area contributed by atoms with Crippen LogP contribution in [0.5, 0.6) is 0 Å². The Bertz CT molecular complexity index is 410. The lowest BCUT2D eigenvalue weighted by molar-refractivity contribution is 0.0932. The van der Waals surface area contributed by atoms with Crippen molar-refractivity contribution < 1.29 is 9.53 Å². The summed E-state index contributed by atoms with van der Waals surface area (Å²) in [5.74, 6) is 0.298. The topological polar surface area (TPSA) is 76.1 Å². The lowest BCUT2D eigenvalue weighted by Crippen LogP contribution is -2.28. The van der Waals surface area contributed by atoms with Gasteiger partial charge < -0.3 is 15.4 Å². The van der Waals surface area contributed by atoms with Crippen LogP contribution in [0, 0.1) is 6.92 Å². The SMILES string of the molecule is CCCCNc1nc(C)cc(C(=O)NCCOC)n1. The largest absolute Gasteiger partial charge is 0.383 e. The summed E-state index contributed by atoms with van der Waals surface area (Å²) in [4.78, 5) is 20.3. The first-order valence-electron chi connectivity index (χ1n) is 6.54. The summed E-state index contributed by atoms with van der Waals surface area (Å²) < 4.78 is 4.88. The molecule has 19 heavy (non-hydrogen) atoms. The van der Waals surface area contributed by atoms with E-state index in [9.17, 15) is 4.79 Å². The van der Waals surface area contributed by atoms with Crippen molar-refractivity contribution in [3.63, 3.8) is 0 Å². The maximum atomic E-state index is 11.9. The van der Waals surface area contributed by atoms with Crippen LogP contribution in [0.3, 0.4) is 0 Å². The quantitative estimate of drug-likeness (QED) is 0.695. The molecule has 6 heteroatoms. The van der Waals surface area contributed by atoms with Crippen molar-refractivity contribution in [1.82, 2.24) is 15.3 Å². The molecular formula is C13H22N4O2. The third-order valence-corrected chi connectivity index (χ3v) is 2.49. The van der Waals surface area contributed by atoms with Crippen LogP contribution >= 0.6 is 0 Å². The molecule has 0 aliphatic carbocycles. The van der Waals surface area contributed by atoms with Crippen molar-refractivity contribution >= 4 is 11.9 Å². The number of hydrogen-bond donors (Lipinski definition) is 2. The maximum absolute atomic E-state index is 11.9. The van der Waals surface area contributed by atoms with Crippen LogP contribution in [-0.4, -0.2) is 42.7 Å². The first-order valence-corrected chi connectivity index (χ1v) is 6.54. The Hall–Kier alpha value is -1.69. The molecule has 0 spiro atoms. The van der Waals surface area contributed by atoms with Crippen molar-refractivity contribution in [2.75, 3.05) is 32.1 Å². The number of aromatic nitrogens is 2. The molecule has 106 valence electrons. The fraction of sp³-hybridized carbons (Fsp3) is 0.615. The molecule has 0 aromatic carbocycles. The Morgan fingerprint density at radius 3 is 2.84 bits per heavy atom. The van der Waals surface area contributed by atoms with Crippen LogP contribution < -0.4 is 10.6 Å². The van der Waals surface area contributed by atoms with Gasteiger partial charge in [-0.15, -0.1) is 0 Å². The van der Waals surface area contributed by atoms with Gasteiger partial charge in [0.05, 0.1) is 6.61 Å². The molecule has 0 aliphatic rings. The smallest absolute Gasteiger partial charge is 0.270 e. The molecule has 6 nitrogen and oxygen atoms in total. The van der Waals surface area contributed by atoms with Crippen LogP contribution in [0.1, 0.15) is 35.9 Å². The van der Waals surface area contributed by atoms with Crippen LogP contribution in [0.25, 0.3) is 0 Å². The van der Waals surface area contributed by atoms with Crippen LogP contribution in [0.2, 0.25) is 0 Å². The molecule has 1 amide bonds. The third kappa shape index (κ3) is 5.65. The molecule has 0 saturated heterocycles. The molecule has 1 rings (SSSR count). The van der Waals surface area contributed by atoms with Crippen molar-refractivity contribution in [3.05, 3.63) is 17.5 Å². The highest BCUT2D eigenvalue weighted by molar-refractivity contribution is 5.92. The standard InChI is InChI=1S/C13H22N4O2/c1-4-5-6-15-13-16-10(2)9-11(17-13)12(18)14-7-8-19-3/h9H,4-8H2,1-3H3,(H,14,18)(H,15,16,17). The van der Waals surface area contributed by atoms with Gasteiger partial charge in [-0.25, -0.2) is 9.97 Å². The Morgan fingerprint density at radius 1 is 1.37 bits per heavy atom. The average molecular weight is 266 g/mol. The predicted octanol–water partition coefficient (Wildman–Crippen LogP) is 1.37. The Balaban J connectivity index is 2.64. The number of hydrogen-bond acceptors (Lipinski definition) is 5. The van der Waals surface area contributed by atoms with Gasteiger partial charge in [0, 0.05) is 25.9 Å². The summed E-state index contributed by atoms with van der Waals surface area (Å²) in [6.07, 6.45) is 2.15. The molecular weight excluding hydrogens is 244 g/mol. The number of nitrogens with zero attached hydrogens (tertiary/aromatic N) is 2. The van der Waals surface area contributed by atoms with E-state index in [1.54, 1.807) is 13.2 Å². The van der Waals surface area contributed by atoms with Crippen molar-refractivity contribution in [2.45, 2.75) is 26.7 Å². The monoisotopic (exact) mass is 266 g/mol. The first kappa shape index (κ1) is 15.4. The van der Waals surface area contributed by atoms with Gasteiger partial charge >= 0.3 is 0 Å². The zero-order valence-electron chi connectivity index (χ0n) is 11.8. The van der Waals surface area contributed by atoms with Gasteiger partial charge in [0.25, 0.3) is 5.91 Å². The highest BCUT2D eigenvalue weighted by Crippen LogP contribution is 2.05. The van der Waals surface area contributed by atoms with E-state index < -0.39 is 0 Å². The second kappa shape index (κ2) is 8.42. The average Bonchev–Trinajstić information content (AvgIpc) is 2.38. The maximum Gasteiger partial charge on any atom is 0.270 e. The summed E-state index contributed by atoms with van der Waals surface area (Å²) in [6.45, 7) is 5.73. The van der Waals surface area contributed by atoms with Gasteiger partial charge in [0.2, 0.25) is 5.95 Å². The zero-order chi connectivity index (χ0) is 14.1. The van der Waals surface area contributed by atoms with E-state index in [-0.39, 0.29) is 5.91 Å². The second-order valence-electron chi connectivity index (χ2n) is 4.25. The van der Waals surface area contributed by atoms with E-state index in [2.05, 4.69) is 27.5 Å². The number of methoxy groups -OCH3 is 1. The van der Waals surface area contributed by atoms with Gasteiger partial charge in [0.1, 0.15) is 5.69 Å². The molecule has 0 unspecified atom stereocenters. The number of rotatable bonds is 8. The molecule has 1 aromatic heterocycles. The molecule has 0 aliphatic heterocycles. The molecule has 2 N–H and O–H groups in total. The summed E-state index contributed by atoms with van der Waals surface area (Å²) in [7, 11) is 1.59. The molecule has 0 saturated carbocycles. The van der Waals surface area contributed by atoms with Crippen molar-refractivity contribution in [3.8, 4) is 0 Å². The molecule has 1 heterocycles. The number of nitrogens with one attached hydrogen (secondary N) is 2. The van der Waals surface area contributed by atoms with Crippen LogP contribution in [0.15, 0.2) is 6.07 Å².